The van der Waals surface area contributed by atoms with Crippen LogP contribution in [0.3, 0.4) is 0 Å². The average molecular weight is 338 g/mol. The van der Waals surface area contributed by atoms with Crippen LogP contribution in [0.25, 0.3) is 0 Å². The van der Waals surface area contributed by atoms with Gasteiger partial charge in [0.1, 0.15) is 12.4 Å². The van der Waals surface area contributed by atoms with Gasteiger partial charge >= 0.3 is 0 Å². The monoisotopic (exact) mass is 337 g/mol. The molecular weight excluding hydrogens is 318 g/mol. The summed E-state index contributed by atoms with van der Waals surface area (Å²) in [6.45, 7) is 5.36. The van der Waals surface area contributed by atoms with E-state index in [1.54, 1.807) is 0 Å². The van der Waals surface area contributed by atoms with Gasteiger partial charge in [0.2, 0.25) is 0 Å². The number of benzene rings is 1. The SMILES string of the molecule is CNCc1cc(C)ccc1OCc1c(Br)c(C)nn1C. The summed E-state index contributed by atoms with van der Waals surface area (Å²) in [7, 11) is 3.87. The highest BCUT2D eigenvalue weighted by atomic mass is 79.9. The van der Waals surface area contributed by atoms with Crippen LogP contribution in [0.1, 0.15) is 22.5 Å². The Hall–Kier alpha value is -1.33. The van der Waals surface area contributed by atoms with E-state index in [-0.39, 0.29) is 0 Å². The lowest BCUT2D eigenvalue weighted by molar-refractivity contribution is 0.290. The maximum absolute atomic E-state index is 5.97. The molecule has 2 rings (SSSR count). The van der Waals surface area contributed by atoms with Crippen molar-refractivity contribution in [2.45, 2.75) is 27.0 Å². The fraction of sp³-hybridized carbons (Fsp3) is 0.400. The maximum Gasteiger partial charge on any atom is 0.131 e. The second kappa shape index (κ2) is 6.41. The minimum Gasteiger partial charge on any atom is -0.487 e. The van der Waals surface area contributed by atoms with Gasteiger partial charge in [0.25, 0.3) is 0 Å². The van der Waals surface area contributed by atoms with Crippen molar-refractivity contribution in [3.05, 3.63) is 45.2 Å². The number of hydrogen-bond donors (Lipinski definition) is 1. The van der Waals surface area contributed by atoms with Crippen molar-refractivity contribution in [3.8, 4) is 5.75 Å². The molecule has 0 saturated heterocycles. The molecule has 1 N–H and O–H groups in total. The Bertz CT molecular complexity index is 607. The summed E-state index contributed by atoms with van der Waals surface area (Å²) in [4.78, 5) is 0. The Labute approximate surface area is 128 Å². The molecule has 1 aromatic heterocycles. The van der Waals surface area contributed by atoms with Crippen molar-refractivity contribution in [1.82, 2.24) is 15.1 Å². The third-order valence-corrected chi connectivity index (χ3v) is 4.24. The van der Waals surface area contributed by atoms with Crippen molar-refractivity contribution in [3.63, 3.8) is 0 Å². The highest BCUT2D eigenvalue weighted by Crippen LogP contribution is 2.24. The zero-order valence-electron chi connectivity index (χ0n) is 12.3. The number of hydrogen-bond acceptors (Lipinski definition) is 3. The first-order valence-corrected chi connectivity index (χ1v) is 7.37. The number of aromatic nitrogens is 2. The van der Waals surface area contributed by atoms with Crippen molar-refractivity contribution in [2.24, 2.45) is 7.05 Å². The van der Waals surface area contributed by atoms with Gasteiger partial charge in [-0.2, -0.15) is 5.10 Å². The van der Waals surface area contributed by atoms with E-state index in [1.807, 2.05) is 31.8 Å². The number of aryl methyl sites for hydroxylation is 3. The second-order valence-corrected chi connectivity index (χ2v) is 5.69. The van der Waals surface area contributed by atoms with E-state index in [4.69, 9.17) is 4.74 Å². The van der Waals surface area contributed by atoms with Gasteiger partial charge in [-0.15, -0.1) is 0 Å². The summed E-state index contributed by atoms with van der Waals surface area (Å²) in [5.41, 5.74) is 4.42. The number of nitrogens with one attached hydrogen (secondary N) is 1. The van der Waals surface area contributed by atoms with E-state index in [2.05, 4.69) is 45.4 Å². The van der Waals surface area contributed by atoms with Gasteiger partial charge in [-0.1, -0.05) is 17.7 Å². The van der Waals surface area contributed by atoms with E-state index in [0.717, 1.165) is 28.2 Å². The Balaban J connectivity index is 2.18. The van der Waals surface area contributed by atoms with E-state index in [9.17, 15) is 0 Å². The number of rotatable bonds is 5. The molecule has 0 unspecified atom stereocenters. The van der Waals surface area contributed by atoms with Crippen molar-refractivity contribution >= 4 is 15.9 Å². The summed E-state index contributed by atoms with van der Waals surface area (Å²) in [6, 6.07) is 6.24. The molecule has 0 aliphatic heterocycles. The van der Waals surface area contributed by atoms with Crippen LogP contribution in [0.15, 0.2) is 22.7 Å². The lowest BCUT2D eigenvalue weighted by Gasteiger charge is -2.12. The van der Waals surface area contributed by atoms with Crippen molar-refractivity contribution < 1.29 is 4.74 Å². The summed E-state index contributed by atoms with van der Waals surface area (Å²) < 4.78 is 8.84. The fourth-order valence-corrected chi connectivity index (χ4v) is 2.61. The molecule has 108 valence electrons. The lowest BCUT2D eigenvalue weighted by Crippen LogP contribution is -2.09. The molecule has 0 bridgehead atoms. The predicted molar refractivity (Wildman–Crippen MR) is 83.9 cm³/mol. The number of ether oxygens (including phenoxy) is 1. The molecule has 0 radical (unpaired) electrons. The molecule has 0 spiro atoms. The van der Waals surface area contributed by atoms with E-state index >= 15 is 0 Å². The molecule has 0 aliphatic rings. The molecule has 0 fully saturated rings. The molecule has 0 atom stereocenters. The van der Waals surface area contributed by atoms with Gasteiger partial charge in [-0.25, -0.2) is 0 Å². The molecule has 0 amide bonds. The standard InChI is InChI=1S/C15H20BrN3O/c1-10-5-6-14(12(7-10)8-17-3)20-9-13-15(16)11(2)18-19(13)4/h5-7,17H,8-9H2,1-4H3. The molecular formula is C15H20BrN3O. The highest BCUT2D eigenvalue weighted by molar-refractivity contribution is 9.10. The summed E-state index contributed by atoms with van der Waals surface area (Å²) in [6.07, 6.45) is 0. The summed E-state index contributed by atoms with van der Waals surface area (Å²) in [5, 5.41) is 7.54. The lowest BCUT2D eigenvalue weighted by atomic mass is 10.1. The minimum absolute atomic E-state index is 0.498. The van der Waals surface area contributed by atoms with Gasteiger partial charge in [0, 0.05) is 19.2 Å². The molecule has 0 aliphatic carbocycles. The number of nitrogens with zero attached hydrogens (tertiary/aromatic N) is 2. The smallest absolute Gasteiger partial charge is 0.131 e. The number of halogens is 1. The Morgan fingerprint density at radius 2 is 2.10 bits per heavy atom. The van der Waals surface area contributed by atoms with Crippen LogP contribution < -0.4 is 10.1 Å². The third kappa shape index (κ3) is 3.22. The second-order valence-electron chi connectivity index (χ2n) is 4.90. The molecule has 1 aromatic carbocycles. The predicted octanol–water partition coefficient (Wildman–Crippen LogP) is 3.10. The quantitative estimate of drug-likeness (QED) is 0.911. The minimum atomic E-state index is 0.498. The third-order valence-electron chi connectivity index (χ3n) is 3.21. The molecule has 20 heavy (non-hydrogen) atoms. The van der Waals surface area contributed by atoms with Crippen LogP contribution in [-0.2, 0) is 20.2 Å². The Kier molecular flexibility index (Phi) is 4.83. The summed E-state index contributed by atoms with van der Waals surface area (Å²) >= 11 is 3.56. The Morgan fingerprint density at radius 1 is 1.35 bits per heavy atom. The Morgan fingerprint density at radius 3 is 2.70 bits per heavy atom. The molecule has 0 saturated carbocycles. The maximum atomic E-state index is 5.97. The van der Waals surface area contributed by atoms with Gasteiger partial charge in [-0.05, 0) is 42.9 Å². The topological polar surface area (TPSA) is 39.1 Å². The van der Waals surface area contributed by atoms with Crippen molar-refractivity contribution in [2.75, 3.05) is 7.05 Å². The van der Waals surface area contributed by atoms with Gasteiger partial charge in [0.05, 0.1) is 15.9 Å². The zero-order chi connectivity index (χ0) is 14.7. The van der Waals surface area contributed by atoms with E-state index in [1.165, 1.54) is 11.1 Å². The first kappa shape index (κ1) is 15.1. The van der Waals surface area contributed by atoms with Crippen LogP contribution in [0.4, 0.5) is 0 Å². The first-order valence-electron chi connectivity index (χ1n) is 6.57. The fourth-order valence-electron chi connectivity index (χ4n) is 2.16. The van der Waals surface area contributed by atoms with Crippen LogP contribution in [0.5, 0.6) is 5.75 Å². The van der Waals surface area contributed by atoms with Gasteiger partial charge in [-0.3, -0.25) is 4.68 Å². The van der Waals surface area contributed by atoms with E-state index < -0.39 is 0 Å². The van der Waals surface area contributed by atoms with Crippen LogP contribution >= 0.6 is 15.9 Å². The largest absolute Gasteiger partial charge is 0.487 e. The van der Waals surface area contributed by atoms with Gasteiger partial charge < -0.3 is 10.1 Å². The normalized spacial score (nSPS) is 10.8. The van der Waals surface area contributed by atoms with Crippen LogP contribution in [-0.4, -0.2) is 16.8 Å². The van der Waals surface area contributed by atoms with Gasteiger partial charge in [0.15, 0.2) is 0 Å². The summed E-state index contributed by atoms with van der Waals surface area (Å²) in [5.74, 6) is 0.913. The zero-order valence-corrected chi connectivity index (χ0v) is 13.9. The first-order chi connectivity index (χ1) is 9.52. The molecule has 5 heteroatoms. The molecule has 4 nitrogen and oxygen atoms in total. The van der Waals surface area contributed by atoms with Crippen LogP contribution in [0, 0.1) is 13.8 Å². The molecule has 2 aromatic rings. The highest BCUT2D eigenvalue weighted by Gasteiger charge is 2.12. The van der Waals surface area contributed by atoms with Crippen LogP contribution in [0.2, 0.25) is 0 Å². The average Bonchev–Trinajstić information content (AvgIpc) is 2.64. The molecule has 1 heterocycles. The van der Waals surface area contributed by atoms with Crippen molar-refractivity contribution in [1.29, 1.82) is 0 Å². The van der Waals surface area contributed by atoms with E-state index in [0.29, 0.717) is 6.61 Å².